The van der Waals surface area contributed by atoms with E-state index in [1.165, 1.54) is 11.8 Å². The molecule has 1 aromatic heterocycles. The Morgan fingerprint density at radius 1 is 1.07 bits per heavy atom. The number of hydrogen-bond acceptors (Lipinski definition) is 3. The lowest BCUT2D eigenvalue weighted by Crippen LogP contribution is -2.54. The van der Waals surface area contributed by atoms with Crippen LogP contribution in [-0.4, -0.2) is 60.9 Å². The summed E-state index contributed by atoms with van der Waals surface area (Å²) in [5.41, 5.74) is 1.24. The lowest BCUT2D eigenvalue weighted by atomic mass is 9.85. The first-order valence-corrected chi connectivity index (χ1v) is 9.93. The normalized spacial score (nSPS) is 15.1. The highest BCUT2D eigenvalue weighted by Gasteiger charge is 2.26. The Morgan fingerprint density at radius 2 is 1.72 bits per heavy atom. The van der Waals surface area contributed by atoms with Crippen LogP contribution >= 0.6 is 24.0 Å². The maximum absolute atomic E-state index is 12.4. The topological polar surface area (TPSA) is 61.1 Å². The van der Waals surface area contributed by atoms with Gasteiger partial charge in [0.25, 0.3) is 5.91 Å². The summed E-state index contributed by atoms with van der Waals surface area (Å²) in [7, 11) is 0. The molecule has 1 N–H and O–H groups in total. The van der Waals surface area contributed by atoms with Crippen molar-refractivity contribution in [2.75, 3.05) is 39.3 Å². The van der Waals surface area contributed by atoms with E-state index < -0.39 is 0 Å². The molecule has 0 unspecified atom stereocenters. The highest BCUT2D eigenvalue weighted by Crippen LogP contribution is 2.23. The van der Waals surface area contributed by atoms with Crippen molar-refractivity contribution in [3.05, 3.63) is 60.1 Å². The van der Waals surface area contributed by atoms with Crippen molar-refractivity contribution < 1.29 is 9.21 Å². The van der Waals surface area contributed by atoms with E-state index in [-0.39, 0.29) is 35.3 Å². The molecule has 1 aromatic carbocycles. The average Bonchev–Trinajstić information content (AvgIpc) is 3.26. The van der Waals surface area contributed by atoms with E-state index >= 15 is 0 Å². The predicted octanol–water partition coefficient (Wildman–Crippen LogP) is 3.60. The molecular formula is C22H31IN4O2. The van der Waals surface area contributed by atoms with Gasteiger partial charge in [-0.3, -0.25) is 9.79 Å². The molecular weight excluding hydrogens is 479 g/mol. The summed E-state index contributed by atoms with van der Waals surface area (Å²) in [6, 6.07) is 13.9. The van der Waals surface area contributed by atoms with E-state index in [9.17, 15) is 4.79 Å². The third-order valence-electron chi connectivity index (χ3n) is 5.11. The van der Waals surface area contributed by atoms with Crippen LogP contribution in [0.3, 0.4) is 0 Å². The number of piperazine rings is 1. The number of aliphatic imine (C=N–C) groups is 1. The first-order chi connectivity index (χ1) is 13.5. The number of nitrogens with zero attached hydrogens (tertiary/aromatic N) is 3. The van der Waals surface area contributed by atoms with Gasteiger partial charge in [-0.25, -0.2) is 0 Å². The molecule has 1 amide bonds. The molecule has 29 heavy (non-hydrogen) atoms. The van der Waals surface area contributed by atoms with E-state index in [1.807, 2.05) is 11.0 Å². The fourth-order valence-electron chi connectivity index (χ4n) is 3.36. The van der Waals surface area contributed by atoms with Crippen LogP contribution in [-0.2, 0) is 5.41 Å². The molecule has 2 heterocycles. The standard InChI is InChI=1S/C22H30N4O2.HI/c1-4-23-21(24-17-22(2,3)18-9-6-5-7-10-18)26-14-12-25(13-15-26)20(27)19-11-8-16-28-19;/h5-11,16H,4,12-15,17H2,1-3H3,(H,23,24);1H. The van der Waals surface area contributed by atoms with Gasteiger partial charge in [-0.2, -0.15) is 0 Å². The molecule has 0 aliphatic carbocycles. The van der Waals surface area contributed by atoms with Crippen LogP contribution in [0, 0.1) is 0 Å². The zero-order valence-corrected chi connectivity index (χ0v) is 19.8. The predicted molar refractivity (Wildman–Crippen MR) is 127 cm³/mol. The third kappa shape index (κ3) is 5.98. The van der Waals surface area contributed by atoms with Crippen LogP contribution in [0.2, 0.25) is 0 Å². The monoisotopic (exact) mass is 510 g/mol. The average molecular weight is 510 g/mol. The van der Waals surface area contributed by atoms with Gasteiger partial charge < -0.3 is 19.5 Å². The fourth-order valence-corrected chi connectivity index (χ4v) is 3.36. The summed E-state index contributed by atoms with van der Waals surface area (Å²) in [4.78, 5) is 21.4. The molecule has 3 rings (SSSR count). The number of hydrogen-bond donors (Lipinski definition) is 1. The van der Waals surface area contributed by atoms with Gasteiger partial charge in [-0.05, 0) is 24.6 Å². The van der Waals surface area contributed by atoms with Crippen LogP contribution in [0.5, 0.6) is 0 Å². The van der Waals surface area contributed by atoms with Gasteiger partial charge in [0.2, 0.25) is 0 Å². The van der Waals surface area contributed by atoms with Crippen LogP contribution in [0.4, 0.5) is 0 Å². The fraction of sp³-hybridized carbons (Fsp3) is 0.455. The van der Waals surface area contributed by atoms with E-state index in [0.29, 0.717) is 25.4 Å². The number of carbonyl (C=O) groups is 1. The van der Waals surface area contributed by atoms with Crippen molar-refractivity contribution in [1.82, 2.24) is 15.1 Å². The van der Waals surface area contributed by atoms with Gasteiger partial charge in [0.05, 0.1) is 12.8 Å². The van der Waals surface area contributed by atoms with Crippen molar-refractivity contribution in [3.63, 3.8) is 0 Å². The Labute approximate surface area is 190 Å². The molecule has 0 spiro atoms. The van der Waals surface area contributed by atoms with Gasteiger partial charge in [0, 0.05) is 38.1 Å². The van der Waals surface area contributed by atoms with E-state index in [0.717, 1.165) is 25.6 Å². The summed E-state index contributed by atoms with van der Waals surface area (Å²) in [6.07, 6.45) is 1.54. The second-order valence-corrected chi connectivity index (χ2v) is 7.68. The lowest BCUT2D eigenvalue weighted by molar-refractivity contribution is 0.0657. The largest absolute Gasteiger partial charge is 0.459 e. The van der Waals surface area contributed by atoms with Crippen molar-refractivity contribution in [2.24, 2.45) is 4.99 Å². The SMILES string of the molecule is CCNC(=NCC(C)(C)c1ccccc1)N1CCN(C(=O)c2ccco2)CC1.I. The number of halogens is 1. The number of benzene rings is 1. The summed E-state index contributed by atoms with van der Waals surface area (Å²) < 4.78 is 5.24. The van der Waals surface area contributed by atoms with Gasteiger partial charge in [0.1, 0.15) is 0 Å². The highest BCUT2D eigenvalue weighted by molar-refractivity contribution is 14.0. The lowest BCUT2D eigenvalue weighted by Gasteiger charge is -2.36. The Morgan fingerprint density at radius 3 is 2.31 bits per heavy atom. The molecule has 0 saturated carbocycles. The van der Waals surface area contributed by atoms with Gasteiger partial charge in [-0.1, -0.05) is 44.2 Å². The minimum Gasteiger partial charge on any atom is -0.459 e. The molecule has 0 radical (unpaired) electrons. The zero-order valence-electron chi connectivity index (χ0n) is 17.4. The van der Waals surface area contributed by atoms with Gasteiger partial charge >= 0.3 is 0 Å². The summed E-state index contributed by atoms with van der Waals surface area (Å²) in [6.45, 7) is 10.9. The Kier molecular flexibility index (Phi) is 8.55. The number of guanidine groups is 1. The van der Waals surface area contributed by atoms with Crippen molar-refractivity contribution in [3.8, 4) is 0 Å². The minimum absolute atomic E-state index is 0. The molecule has 1 aliphatic rings. The van der Waals surface area contributed by atoms with Crippen LogP contribution in [0.25, 0.3) is 0 Å². The Balaban J connectivity index is 0.00000300. The number of nitrogens with one attached hydrogen (secondary N) is 1. The Bertz CT molecular complexity index is 782. The molecule has 6 nitrogen and oxygen atoms in total. The number of rotatable bonds is 5. The van der Waals surface area contributed by atoms with Gasteiger partial charge in [0.15, 0.2) is 11.7 Å². The number of furan rings is 1. The number of carbonyl (C=O) groups excluding carboxylic acids is 1. The van der Waals surface area contributed by atoms with Crippen molar-refractivity contribution in [2.45, 2.75) is 26.2 Å². The molecule has 1 aliphatic heterocycles. The van der Waals surface area contributed by atoms with Crippen molar-refractivity contribution in [1.29, 1.82) is 0 Å². The maximum Gasteiger partial charge on any atom is 0.289 e. The third-order valence-corrected chi connectivity index (χ3v) is 5.11. The summed E-state index contributed by atoms with van der Waals surface area (Å²) in [5, 5.41) is 3.40. The van der Waals surface area contributed by atoms with Gasteiger partial charge in [-0.15, -0.1) is 24.0 Å². The quantitative estimate of drug-likeness (QED) is 0.380. The molecule has 1 saturated heterocycles. The first kappa shape index (κ1) is 23.3. The van der Waals surface area contributed by atoms with Crippen LogP contribution < -0.4 is 5.32 Å². The second-order valence-electron chi connectivity index (χ2n) is 7.68. The van der Waals surface area contributed by atoms with Crippen molar-refractivity contribution >= 4 is 35.8 Å². The molecule has 158 valence electrons. The minimum atomic E-state index is -0.0446. The summed E-state index contributed by atoms with van der Waals surface area (Å²) >= 11 is 0. The molecule has 1 fully saturated rings. The molecule has 0 atom stereocenters. The molecule has 7 heteroatoms. The highest BCUT2D eigenvalue weighted by atomic mass is 127. The van der Waals surface area contributed by atoms with Crippen LogP contribution in [0.1, 0.15) is 36.9 Å². The zero-order chi connectivity index (χ0) is 20.0. The number of amides is 1. The first-order valence-electron chi connectivity index (χ1n) is 9.93. The van der Waals surface area contributed by atoms with E-state index in [2.05, 4.69) is 55.3 Å². The molecule has 0 bridgehead atoms. The summed E-state index contributed by atoms with van der Waals surface area (Å²) in [5.74, 6) is 1.27. The van der Waals surface area contributed by atoms with E-state index in [4.69, 9.17) is 9.41 Å². The van der Waals surface area contributed by atoms with Crippen LogP contribution in [0.15, 0.2) is 58.1 Å². The van der Waals surface area contributed by atoms with E-state index in [1.54, 1.807) is 12.1 Å². The maximum atomic E-state index is 12.4. The Hall–Kier alpha value is -2.03. The molecule has 2 aromatic rings. The second kappa shape index (κ2) is 10.7. The smallest absolute Gasteiger partial charge is 0.289 e.